The molecule has 0 aromatic carbocycles. The van der Waals surface area contributed by atoms with Crippen LogP contribution in [0.4, 0.5) is 0 Å². The molecule has 0 amide bonds. The molecule has 106 valence electrons. The lowest BCUT2D eigenvalue weighted by Crippen LogP contribution is -2.20. The van der Waals surface area contributed by atoms with Crippen LogP contribution in [0.5, 0.6) is 5.88 Å². The molecule has 1 aromatic rings. The lowest BCUT2D eigenvalue weighted by molar-refractivity contribution is 0.201. The molecule has 0 unspecified atom stereocenters. The Bertz CT molecular complexity index is 398. The molecule has 3 heteroatoms. The zero-order chi connectivity index (χ0) is 13.7. The Kier molecular flexibility index (Phi) is 5.20. The van der Waals surface area contributed by atoms with E-state index >= 15 is 0 Å². The van der Waals surface area contributed by atoms with Crippen molar-refractivity contribution in [2.75, 3.05) is 6.54 Å². The van der Waals surface area contributed by atoms with Gasteiger partial charge in [-0.05, 0) is 50.6 Å². The highest BCUT2D eigenvalue weighted by molar-refractivity contribution is 5.25. The summed E-state index contributed by atoms with van der Waals surface area (Å²) in [7, 11) is 0. The Balaban J connectivity index is 1.88. The van der Waals surface area contributed by atoms with Crippen molar-refractivity contribution in [3.05, 3.63) is 23.4 Å². The van der Waals surface area contributed by atoms with Crippen LogP contribution in [0.25, 0.3) is 0 Å². The highest BCUT2D eigenvalue weighted by Gasteiger charge is 2.17. The molecule has 2 rings (SSSR count). The van der Waals surface area contributed by atoms with Crippen LogP contribution in [0.2, 0.25) is 0 Å². The molecule has 0 saturated heterocycles. The van der Waals surface area contributed by atoms with E-state index in [9.17, 15) is 0 Å². The molecule has 1 heterocycles. The quantitative estimate of drug-likeness (QED) is 0.852. The van der Waals surface area contributed by atoms with Gasteiger partial charge in [-0.2, -0.15) is 0 Å². The van der Waals surface area contributed by atoms with Crippen LogP contribution in [0.15, 0.2) is 12.1 Å². The first-order valence-electron chi connectivity index (χ1n) is 7.49. The van der Waals surface area contributed by atoms with Crippen molar-refractivity contribution in [3.8, 4) is 5.88 Å². The molecular formula is C16H26N2O. The van der Waals surface area contributed by atoms with Crippen molar-refractivity contribution < 1.29 is 4.74 Å². The van der Waals surface area contributed by atoms with Crippen molar-refractivity contribution in [1.82, 2.24) is 10.3 Å². The summed E-state index contributed by atoms with van der Waals surface area (Å²) in [4.78, 5) is 4.57. The van der Waals surface area contributed by atoms with E-state index in [0.717, 1.165) is 24.7 Å². The van der Waals surface area contributed by atoms with Gasteiger partial charge in [0.1, 0.15) is 6.10 Å². The number of ether oxygens (including phenoxy) is 1. The standard InChI is InChI=1S/C16H26N2O/c1-12(2)10-17-11-14-8-9-16(18-13(14)3)19-15-6-4-5-7-15/h8-9,12,15,17H,4-7,10-11H2,1-3H3. The minimum absolute atomic E-state index is 0.386. The molecule has 3 nitrogen and oxygen atoms in total. The first kappa shape index (κ1) is 14.3. The highest BCUT2D eigenvalue weighted by atomic mass is 16.5. The second kappa shape index (κ2) is 6.90. The molecule has 0 bridgehead atoms. The van der Waals surface area contributed by atoms with E-state index in [1.807, 2.05) is 6.07 Å². The molecule has 0 radical (unpaired) electrons. The van der Waals surface area contributed by atoms with Gasteiger partial charge in [0.25, 0.3) is 0 Å². The Morgan fingerprint density at radius 3 is 2.68 bits per heavy atom. The van der Waals surface area contributed by atoms with Crippen LogP contribution in [0.3, 0.4) is 0 Å². The predicted molar refractivity (Wildman–Crippen MR) is 78.4 cm³/mol. The maximum absolute atomic E-state index is 5.92. The van der Waals surface area contributed by atoms with E-state index in [1.165, 1.54) is 31.2 Å². The Morgan fingerprint density at radius 1 is 1.32 bits per heavy atom. The van der Waals surface area contributed by atoms with Crippen molar-refractivity contribution in [2.24, 2.45) is 5.92 Å². The molecule has 1 aliphatic carbocycles. The van der Waals surface area contributed by atoms with Crippen molar-refractivity contribution in [1.29, 1.82) is 0 Å². The Hall–Kier alpha value is -1.09. The lowest BCUT2D eigenvalue weighted by Gasteiger charge is -2.14. The zero-order valence-electron chi connectivity index (χ0n) is 12.4. The topological polar surface area (TPSA) is 34.1 Å². The summed E-state index contributed by atoms with van der Waals surface area (Å²) < 4.78 is 5.92. The van der Waals surface area contributed by atoms with E-state index < -0.39 is 0 Å². The average molecular weight is 262 g/mol. The van der Waals surface area contributed by atoms with Crippen LogP contribution in [0.1, 0.15) is 50.8 Å². The van der Waals surface area contributed by atoms with Crippen molar-refractivity contribution >= 4 is 0 Å². The van der Waals surface area contributed by atoms with Gasteiger partial charge < -0.3 is 10.1 Å². The highest BCUT2D eigenvalue weighted by Crippen LogP contribution is 2.23. The molecule has 1 saturated carbocycles. The zero-order valence-corrected chi connectivity index (χ0v) is 12.4. The summed E-state index contributed by atoms with van der Waals surface area (Å²) in [6.45, 7) is 8.43. The lowest BCUT2D eigenvalue weighted by atomic mass is 10.2. The van der Waals surface area contributed by atoms with Gasteiger partial charge in [-0.25, -0.2) is 4.98 Å². The molecule has 0 spiro atoms. The van der Waals surface area contributed by atoms with Gasteiger partial charge in [-0.3, -0.25) is 0 Å². The fourth-order valence-corrected chi connectivity index (χ4v) is 2.49. The SMILES string of the molecule is Cc1nc(OC2CCCC2)ccc1CNCC(C)C. The molecule has 1 fully saturated rings. The molecule has 1 aromatic heterocycles. The summed E-state index contributed by atoms with van der Waals surface area (Å²) in [6, 6.07) is 4.15. The normalized spacial score (nSPS) is 16.2. The number of pyridine rings is 1. The predicted octanol–water partition coefficient (Wildman–Crippen LogP) is 3.46. The van der Waals surface area contributed by atoms with Gasteiger partial charge in [0, 0.05) is 18.3 Å². The summed E-state index contributed by atoms with van der Waals surface area (Å²) in [6.07, 6.45) is 5.33. The summed E-state index contributed by atoms with van der Waals surface area (Å²) >= 11 is 0. The Labute approximate surface area is 116 Å². The van der Waals surface area contributed by atoms with E-state index in [1.54, 1.807) is 0 Å². The van der Waals surface area contributed by atoms with Gasteiger partial charge in [-0.15, -0.1) is 0 Å². The minimum atomic E-state index is 0.386. The maximum atomic E-state index is 5.92. The summed E-state index contributed by atoms with van der Waals surface area (Å²) in [5, 5.41) is 3.45. The number of aromatic nitrogens is 1. The number of hydrogen-bond acceptors (Lipinski definition) is 3. The molecule has 0 aliphatic heterocycles. The molecule has 1 N–H and O–H groups in total. The van der Waals surface area contributed by atoms with Gasteiger partial charge >= 0.3 is 0 Å². The molecular weight excluding hydrogens is 236 g/mol. The van der Waals surface area contributed by atoms with E-state index in [4.69, 9.17) is 4.74 Å². The number of aryl methyl sites for hydroxylation is 1. The fraction of sp³-hybridized carbons (Fsp3) is 0.688. The van der Waals surface area contributed by atoms with Gasteiger partial charge in [0.05, 0.1) is 0 Å². The van der Waals surface area contributed by atoms with Crippen LogP contribution in [0, 0.1) is 12.8 Å². The average Bonchev–Trinajstić information content (AvgIpc) is 2.84. The molecule has 1 aliphatic rings. The Morgan fingerprint density at radius 2 is 2.05 bits per heavy atom. The second-order valence-electron chi connectivity index (χ2n) is 5.94. The van der Waals surface area contributed by atoms with Gasteiger partial charge in [0.15, 0.2) is 0 Å². The summed E-state index contributed by atoms with van der Waals surface area (Å²) in [5.74, 6) is 1.47. The third-order valence-electron chi connectivity index (χ3n) is 3.63. The van der Waals surface area contributed by atoms with Crippen LogP contribution in [-0.2, 0) is 6.54 Å². The fourth-order valence-electron chi connectivity index (χ4n) is 2.49. The first-order valence-corrected chi connectivity index (χ1v) is 7.49. The third kappa shape index (κ3) is 4.50. The number of nitrogens with one attached hydrogen (secondary N) is 1. The monoisotopic (exact) mass is 262 g/mol. The largest absolute Gasteiger partial charge is 0.474 e. The van der Waals surface area contributed by atoms with E-state index in [2.05, 4.69) is 37.1 Å². The summed E-state index contributed by atoms with van der Waals surface area (Å²) in [5.41, 5.74) is 2.34. The van der Waals surface area contributed by atoms with E-state index in [0.29, 0.717) is 12.0 Å². The second-order valence-corrected chi connectivity index (χ2v) is 5.94. The molecule has 19 heavy (non-hydrogen) atoms. The van der Waals surface area contributed by atoms with Crippen LogP contribution in [-0.4, -0.2) is 17.6 Å². The minimum Gasteiger partial charge on any atom is -0.474 e. The van der Waals surface area contributed by atoms with Crippen LogP contribution < -0.4 is 10.1 Å². The van der Waals surface area contributed by atoms with Crippen LogP contribution >= 0.6 is 0 Å². The number of hydrogen-bond donors (Lipinski definition) is 1. The van der Waals surface area contributed by atoms with Crippen molar-refractivity contribution in [3.63, 3.8) is 0 Å². The number of nitrogens with zero attached hydrogens (tertiary/aromatic N) is 1. The van der Waals surface area contributed by atoms with Gasteiger partial charge in [-0.1, -0.05) is 19.9 Å². The smallest absolute Gasteiger partial charge is 0.213 e. The van der Waals surface area contributed by atoms with Crippen molar-refractivity contribution in [2.45, 2.75) is 59.1 Å². The first-order chi connectivity index (χ1) is 9.15. The third-order valence-corrected chi connectivity index (χ3v) is 3.63. The number of rotatable bonds is 6. The maximum Gasteiger partial charge on any atom is 0.213 e. The van der Waals surface area contributed by atoms with Gasteiger partial charge in [0.2, 0.25) is 5.88 Å². The molecule has 0 atom stereocenters. The van der Waals surface area contributed by atoms with E-state index in [-0.39, 0.29) is 0 Å².